The van der Waals surface area contributed by atoms with Crippen LogP contribution in [0.5, 0.6) is 0 Å². The molecule has 17 heavy (non-hydrogen) atoms. The molecule has 1 N–H and O–H groups in total. The molecular weight excluding hydrogens is 238 g/mol. The van der Waals surface area contributed by atoms with E-state index in [4.69, 9.17) is 0 Å². The standard InChI is InChI=1S/C12H23NO3S/c1-6-8-9-17(15,16)10(3)11(14)13-12(4,5)7-2/h6,8,10H,7,9H2,1-5H3,(H,13,14)/b8-6+. The first-order valence-corrected chi connectivity index (χ1v) is 7.52. The zero-order valence-corrected chi connectivity index (χ0v) is 12.1. The molecule has 0 aliphatic carbocycles. The molecule has 100 valence electrons. The van der Waals surface area contributed by atoms with Gasteiger partial charge in [0, 0.05) is 5.54 Å². The Kier molecular flexibility index (Phi) is 5.88. The second-order valence-corrected chi connectivity index (χ2v) is 7.13. The summed E-state index contributed by atoms with van der Waals surface area (Å²) in [4.78, 5) is 11.8. The summed E-state index contributed by atoms with van der Waals surface area (Å²) in [6, 6.07) is 0. The number of carbonyl (C=O) groups excluding carboxylic acids is 1. The van der Waals surface area contributed by atoms with Gasteiger partial charge in [0.05, 0.1) is 5.75 Å². The predicted octanol–water partition coefficient (Wildman–Crippen LogP) is 1.67. The van der Waals surface area contributed by atoms with Gasteiger partial charge in [-0.2, -0.15) is 0 Å². The molecule has 5 heteroatoms. The third-order valence-electron chi connectivity index (χ3n) is 2.82. The maximum atomic E-state index is 11.8. The Balaban J connectivity index is 4.71. The molecule has 0 fully saturated rings. The predicted molar refractivity (Wildman–Crippen MR) is 70.6 cm³/mol. The minimum absolute atomic E-state index is 0.0926. The zero-order valence-electron chi connectivity index (χ0n) is 11.3. The molecule has 0 spiro atoms. The van der Waals surface area contributed by atoms with Crippen molar-refractivity contribution in [2.24, 2.45) is 0 Å². The molecule has 0 bridgehead atoms. The van der Waals surface area contributed by atoms with E-state index in [1.165, 1.54) is 6.92 Å². The lowest BCUT2D eigenvalue weighted by molar-refractivity contribution is -0.122. The largest absolute Gasteiger partial charge is 0.350 e. The second-order valence-electron chi connectivity index (χ2n) is 4.77. The highest BCUT2D eigenvalue weighted by Crippen LogP contribution is 2.10. The highest BCUT2D eigenvalue weighted by Gasteiger charge is 2.29. The first kappa shape index (κ1) is 16.2. The summed E-state index contributed by atoms with van der Waals surface area (Å²) in [5.41, 5.74) is -0.374. The fourth-order valence-corrected chi connectivity index (χ4v) is 2.20. The van der Waals surface area contributed by atoms with Crippen molar-refractivity contribution in [3.63, 3.8) is 0 Å². The van der Waals surface area contributed by atoms with Crippen molar-refractivity contribution in [1.29, 1.82) is 0 Å². The molecule has 0 aromatic heterocycles. The Labute approximate surface area is 104 Å². The van der Waals surface area contributed by atoms with Gasteiger partial charge in [-0.1, -0.05) is 19.1 Å². The van der Waals surface area contributed by atoms with Crippen LogP contribution < -0.4 is 5.32 Å². The Morgan fingerprint density at radius 2 is 1.94 bits per heavy atom. The maximum Gasteiger partial charge on any atom is 0.238 e. The minimum Gasteiger partial charge on any atom is -0.350 e. The van der Waals surface area contributed by atoms with Crippen molar-refractivity contribution in [3.8, 4) is 0 Å². The van der Waals surface area contributed by atoms with Crippen LogP contribution in [0.15, 0.2) is 12.2 Å². The molecule has 0 aromatic rings. The van der Waals surface area contributed by atoms with Gasteiger partial charge in [0.15, 0.2) is 9.84 Å². The van der Waals surface area contributed by atoms with E-state index in [0.717, 1.165) is 6.42 Å². The van der Waals surface area contributed by atoms with Gasteiger partial charge in [-0.3, -0.25) is 4.79 Å². The van der Waals surface area contributed by atoms with Crippen molar-refractivity contribution in [1.82, 2.24) is 5.32 Å². The van der Waals surface area contributed by atoms with Crippen LogP contribution in [0, 0.1) is 0 Å². The van der Waals surface area contributed by atoms with E-state index in [2.05, 4.69) is 5.32 Å². The van der Waals surface area contributed by atoms with Crippen LogP contribution in [-0.4, -0.2) is 30.9 Å². The lowest BCUT2D eigenvalue weighted by Crippen LogP contribution is -2.48. The van der Waals surface area contributed by atoms with Crippen LogP contribution in [0.2, 0.25) is 0 Å². The topological polar surface area (TPSA) is 63.2 Å². The fourth-order valence-electron chi connectivity index (χ4n) is 1.06. The molecule has 0 rings (SSSR count). The Morgan fingerprint density at radius 1 is 1.41 bits per heavy atom. The summed E-state index contributed by atoms with van der Waals surface area (Å²) >= 11 is 0. The normalized spacial score (nSPS) is 14.9. The van der Waals surface area contributed by atoms with Gasteiger partial charge in [0.1, 0.15) is 5.25 Å². The minimum atomic E-state index is -3.40. The molecular formula is C12H23NO3S. The number of hydrogen-bond acceptors (Lipinski definition) is 3. The molecule has 1 atom stereocenters. The molecule has 0 aliphatic rings. The fraction of sp³-hybridized carbons (Fsp3) is 0.750. The van der Waals surface area contributed by atoms with E-state index in [9.17, 15) is 13.2 Å². The van der Waals surface area contributed by atoms with Crippen molar-refractivity contribution in [3.05, 3.63) is 12.2 Å². The van der Waals surface area contributed by atoms with E-state index >= 15 is 0 Å². The third-order valence-corrected chi connectivity index (χ3v) is 4.77. The number of sulfone groups is 1. The van der Waals surface area contributed by atoms with Gasteiger partial charge < -0.3 is 5.32 Å². The molecule has 0 saturated carbocycles. The lowest BCUT2D eigenvalue weighted by atomic mass is 10.0. The average molecular weight is 261 g/mol. The third kappa shape index (κ3) is 5.35. The highest BCUT2D eigenvalue weighted by molar-refractivity contribution is 7.92. The number of rotatable bonds is 6. The number of allylic oxidation sites excluding steroid dienone is 1. The van der Waals surface area contributed by atoms with Crippen LogP contribution in [0.4, 0.5) is 0 Å². The summed E-state index contributed by atoms with van der Waals surface area (Å²) in [5, 5.41) is 1.74. The van der Waals surface area contributed by atoms with E-state index in [-0.39, 0.29) is 11.3 Å². The summed E-state index contributed by atoms with van der Waals surface area (Å²) in [6.45, 7) is 8.87. The van der Waals surface area contributed by atoms with Gasteiger partial charge in [0.25, 0.3) is 0 Å². The van der Waals surface area contributed by atoms with Gasteiger partial charge >= 0.3 is 0 Å². The van der Waals surface area contributed by atoms with Crippen molar-refractivity contribution in [2.75, 3.05) is 5.75 Å². The van der Waals surface area contributed by atoms with Crippen LogP contribution in [0.25, 0.3) is 0 Å². The van der Waals surface area contributed by atoms with Crippen LogP contribution >= 0.6 is 0 Å². The molecule has 0 aromatic carbocycles. The monoisotopic (exact) mass is 261 g/mol. The van der Waals surface area contributed by atoms with Gasteiger partial charge in [0.2, 0.25) is 5.91 Å². The molecule has 0 saturated heterocycles. The Hall–Kier alpha value is -0.840. The van der Waals surface area contributed by atoms with Crippen molar-refractivity contribution < 1.29 is 13.2 Å². The molecule has 0 radical (unpaired) electrons. The number of nitrogens with one attached hydrogen (secondary N) is 1. The number of carbonyl (C=O) groups is 1. The second kappa shape index (κ2) is 6.19. The van der Waals surface area contributed by atoms with E-state index in [1.807, 2.05) is 20.8 Å². The average Bonchev–Trinajstić information content (AvgIpc) is 2.24. The van der Waals surface area contributed by atoms with Crippen molar-refractivity contribution in [2.45, 2.75) is 51.8 Å². The van der Waals surface area contributed by atoms with Gasteiger partial charge in [-0.25, -0.2) is 8.42 Å². The SMILES string of the molecule is C/C=C/CS(=O)(=O)C(C)C(=O)NC(C)(C)CC. The smallest absolute Gasteiger partial charge is 0.238 e. The highest BCUT2D eigenvalue weighted by atomic mass is 32.2. The molecule has 0 aliphatic heterocycles. The molecule has 0 heterocycles. The lowest BCUT2D eigenvalue weighted by Gasteiger charge is -2.26. The Bertz CT molecular complexity index is 383. The molecule has 1 unspecified atom stereocenters. The Morgan fingerprint density at radius 3 is 2.35 bits per heavy atom. The van der Waals surface area contributed by atoms with Crippen LogP contribution in [0.1, 0.15) is 41.0 Å². The van der Waals surface area contributed by atoms with Crippen LogP contribution in [0.3, 0.4) is 0 Å². The molecule has 1 amide bonds. The number of amides is 1. The van der Waals surface area contributed by atoms with Crippen LogP contribution in [-0.2, 0) is 14.6 Å². The van der Waals surface area contributed by atoms with Gasteiger partial charge in [-0.05, 0) is 34.1 Å². The summed E-state index contributed by atoms with van der Waals surface area (Å²) < 4.78 is 23.6. The maximum absolute atomic E-state index is 11.8. The van der Waals surface area contributed by atoms with Crippen molar-refractivity contribution >= 4 is 15.7 Å². The zero-order chi connectivity index (χ0) is 13.7. The first-order valence-electron chi connectivity index (χ1n) is 5.81. The van der Waals surface area contributed by atoms with E-state index in [1.54, 1.807) is 19.1 Å². The quantitative estimate of drug-likeness (QED) is 0.740. The number of hydrogen-bond donors (Lipinski definition) is 1. The summed E-state index contributed by atoms with van der Waals surface area (Å²) in [6.07, 6.45) is 3.96. The van der Waals surface area contributed by atoms with Gasteiger partial charge in [-0.15, -0.1) is 0 Å². The molecule has 4 nitrogen and oxygen atoms in total. The first-order chi connectivity index (χ1) is 7.66. The van der Waals surface area contributed by atoms with E-state index < -0.39 is 21.0 Å². The van der Waals surface area contributed by atoms with E-state index in [0.29, 0.717) is 0 Å². The summed E-state index contributed by atoms with van der Waals surface area (Å²) in [5.74, 6) is -0.522. The summed E-state index contributed by atoms with van der Waals surface area (Å²) in [7, 11) is -3.40.